The first-order chi connectivity index (χ1) is 22.1. The van der Waals surface area contributed by atoms with Gasteiger partial charge in [-0.1, -0.05) is 36.4 Å². The van der Waals surface area contributed by atoms with Crippen molar-refractivity contribution in [1.29, 1.82) is 5.26 Å². The van der Waals surface area contributed by atoms with Crippen molar-refractivity contribution in [3.8, 4) is 11.9 Å². The number of nitrogens with one attached hydrogen (secondary N) is 1. The van der Waals surface area contributed by atoms with E-state index in [1.165, 1.54) is 40.1 Å². The van der Waals surface area contributed by atoms with E-state index in [-0.39, 0.29) is 31.8 Å². The van der Waals surface area contributed by atoms with Gasteiger partial charge >= 0.3 is 6.18 Å². The van der Waals surface area contributed by atoms with Gasteiger partial charge < -0.3 is 15.3 Å². The molecule has 0 unspecified atom stereocenters. The van der Waals surface area contributed by atoms with E-state index in [1.54, 1.807) is 35.9 Å². The third kappa shape index (κ3) is 6.43. The summed E-state index contributed by atoms with van der Waals surface area (Å²) in [6, 6.07) is 16.9. The van der Waals surface area contributed by atoms with Gasteiger partial charge in [-0.2, -0.15) is 23.5 Å². The molecule has 0 bridgehead atoms. The lowest BCUT2D eigenvalue weighted by Gasteiger charge is -2.38. The van der Waals surface area contributed by atoms with Crippen LogP contribution in [0.5, 0.6) is 0 Å². The van der Waals surface area contributed by atoms with E-state index >= 15 is 0 Å². The summed E-state index contributed by atoms with van der Waals surface area (Å²) in [6.45, 7) is 1.93. The van der Waals surface area contributed by atoms with E-state index in [0.29, 0.717) is 40.8 Å². The number of rotatable bonds is 10. The molecule has 0 aliphatic carbocycles. The fourth-order valence-corrected chi connectivity index (χ4v) is 5.64. The highest BCUT2D eigenvalue weighted by molar-refractivity contribution is 6.05. The summed E-state index contributed by atoms with van der Waals surface area (Å²) >= 11 is 0. The Bertz CT molecular complexity index is 1750. The molecule has 0 saturated heterocycles. The van der Waals surface area contributed by atoms with Crippen molar-refractivity contribution in [3.05, 3.63) is 113 Å². The number of anilines is 1. The van der Waals surface area contributed by atoms with Crippen molar-refractivity contribution >= 4 is 17.6 Å². The van der Waals surface area contributed by atoms with Gasteiger partial charge in [0.15, 0.2) is 6.19 Å². The van der Waals surface area contributed by atoms with Crippen LogP contribution in [0.3, 0.4) is 0 Å². The third-order valence-corrected chi connectivity index (χ3v) is 7.76. The molecule has 2 heterocycles. The van der Waals surface area contributed by atoms with Crippen LogP contribution in [0.15, 0.2) is 78.9 Å². The van der Waals surface area contributed by atoms with Crippen LogP contribution >= 0.6 is 0 Å². The molecule has 2 N–H and O–H groups in total. The predicted molar refractivity (Wildman–Crippen MR) is 160 cm³/mol. The van der Waals surface area contributed by atoms with Crippen molar-refractivity contribution in [1.82, 2.24) is 20.0 Å². The highest BCUT2D eigenvalue weighted by Crippen LogP contribution is 2.44. The van der Waals surface area contributed by atoms with Crippen molar-refractivity contribution in [2.45, 2.75) is 38.0 Å². The number of alkyl halides is 3. The molecule has 5 rings (SSSR count). The van der Waals surface area contributed by atoms with Crippen LogP contribution < -0.4 is 10.2 Å². The Hall–Kier alpha value is -5.22. The molecule has 2 amide bonds. The van der Waals surface area contributed by atoms with Crippen LogP contribution in [0.4, 0.5) is 23.4 Å². The van der Waals surface area contributed by atoms with Gasteiger partial charge in [-0.05, 0) is 61.4 Å². The van der Waals surface area contributed by atoms with Crippen LogP contribution in [0.25, 0.3) is 5.69 Å². The van der Waals surface area contributed by atoms with Gasteiger partial charge in [-0.15, -0.1) is 0 Å². The van der Waals surface area contributed by atoms with Gasteiger partial charge in [0.1, 0.15) is 17.7 Å². The molecular formula is C33H30F4N6O3. The van der Waals surface area contributed by atoms with Gasteiger partial charge in [0, 0.05) is 36.7 Å². The fourth-order valence-electron chi connectivity index (χ4n) is 5.64. The fraction of sp³-hybridized carbons (Fsp3) is 0.273. The second-order valence-corrected chi connectivity index (χ2v) is 10.7. The molecule has 1 aromatic heterocycles. The number of aromatic nitrogens is 2. The maximum atomic E-state index is 14.3. The highest BCUT2D eigenvalue weighted by Gasteiger charge is 2.46. The lowest BCUT2D eigenvalue weighted by Crippen LogP contribution is -2.55. The summed E-state index contributed by atoms with van der Waals surface area (Å²) in [6.07, 6.45) is -2.28. The maximum absolute atomic E-state index is 14.3. The number of carbonyl (C=O) groups is 2. The Morgan fingerprint density at radius 2 is 1.80 bits per heavy atom. The number of benzene rings is 3. The molecule has 13 heteroatoms. The van der Waals surface area contributed by atoms with E-state index in [2.05, 4.69) is 11.5 Å². The quantitative estimate of drug-likeness (QED) is 0.144. The number of halogens is 4. The minimum absolute atomic E-state index is 0.0175. The van der Waals surface area contributed by atoms with Gasteiger partial charge in [-0.3, -0.25) is 14.5 Å². The SMILES string of the molecule is CCN1C(=O)[C@@H](NC(=O)c2cccc(C(F)(F)F)c2)[C@@H](c2ccc(F)cc2)c2c(CN(C#N)CCCO)nn(-c3ccccc3)c21. The topological polar surface area (TPSA) is 114 Å². The van der Waals surface area contributed by atoms with Crippen LogP contribution in [0.2, 0.25) is 0 Å². The van der Waals surface area contributed by atoms with E-state index in [9.17, 15) is 37.5 Å². The average molecular weight is 635 g/mol. The van der Waals surface area contributed by atoms with Crippen LogP contribution in [0, 0.1) is 17.3 Å². The smallest absolute Gasteiger partial charge is 0.396 e. The second kappa shape index (κ2) is 13.4. The third-order valence-electron chi connectivity index (χ3n) is 7.76. The molecule has 46 heavy (non-hydrogen) atoms. The zero-order valence-corrected chi connectivity index (χ0v) is 24.7. The summed E-state index contributed by atoms with van der Waals surface area (Å²) < 4.78 is 56.1. The van der Waals surface area contributed by atoms with Gasteiger partial charge in [0.05, 0.1) is 23.5 Å². The number of carbonyl (C=O) groups excluding carboxylic acids is 2. The summed E-state index contributed by atoms with van der Waals surface area (Å²) in [5.74, 6) is -2.58. The number of hydrogen-bond donors (Lipinski definition) is 2. The molecule has 0 fully saturated rings. The number of aliphatic hydroxyl groups is 1. The standard InChI is InChI=1S/C33H30F4N6O3/c1-2-42-31-28(26(19-41(20-38)16-7-17-44)40-43(31)25-10-4-3-5-11-25)27(21-12-14-24(34)15-13-21)29(32(42)46)39-30(45)22-8-6-9-23(18-22)33(35,36)37/h3-6,8-15,18,27,29,44H,2,7,16-17,19H2,1H3,(H,39,45)/t27-,29-/m0/s1. The number of amides is 2. The zero-order chi connectivity index (χ0) is 33.0. The predicted octanol–water partition coefficient (Wildman–Crippen LogP) is 4.99. The first-order valence-electron chi connectivity index (χ1n) is 14.5. The van der Waals surface area contributed by atoms with E-state index < -0.39 is 41.3 Å². The molecule has 0 radical (unpaired) electrons. The summed E-state index contributed by atoms with van der Waals surface area (Å²) in [5, 5.41) is 26.8. The Morgan fingerprint density at radius 1 is 1.09 bits per heavy atom. The summed E-state index contributed by atoms with van der Waals surface area (Å²) in [4.78, 5) is 30.7. The van der Waals surface area contributed by atoms with Gasteiger partial charge in [0.2, 0.25) is 0 Å². The Morgan fingerprint density at radius 3 is 2.43 bits per heavy atom. The van der Waals surface area contributed by atoms with Crippen molar-refractivity contribution in [3.63, 3.8) is 0 Å². The average Bonchev–Trinajstić information content (AvgIpc) is 3.42. The lowest BCUT2D eigenvalue weighted by molar-refractivity contribution is -0.137. The molecule has 0 saturated carbocycles. The molecule has 1 aliphatic rings. The minimum atomic E-state index is -4.69. The highest BCUT2D eigenvalue weighted by atomic mass is 19.4. The number of fused-ring (bicyclic) bond motifs is 1. The number of para-hydroxylation sites is 1. The van der Waals surface area contributed by atoms with Crippen LogP contribution in [0.1, 0.15) is 52.0 Å². The number of nitriles is 1. The molecule has 9 nitrogen and oxygen atoms in total. The number of likely N-dealkylation sites (N-methyl/N-ethyl adjacent to an activating group) is 1. The Balaban J connectivity index is 1.71. The van der Waals surface area contributed by atoms with Crippen LogP contribution in [-0.4, -0.2) is 57.3 Å². The second-order valence-electron chi connectivity index (χ2n) is 10.7. The van der Waals surface area contributed by atoms with E-state index in [1.807, 2.05) is 6.07 Å². The first kappa shape index (κ1) is 32.2. The molecule has 2 atom stereocenters. The largest absolute Gasteiger partial charge is 0.416 e. The van der Waals surface area contributed by atoms with Crippen LogP contribution in [-0.2, 0) is 17.5 Å². The Labute approximate surface area is 262 Å². The molecule has 3 aromatic carbocycles. The maximum Gasteiger partial charge on any atom is 0.416 e. The first-order valence-corrected chi connectivity index (χ1v) is 14.5. The summed E-state index contributed by atoms with van der Waals surface area (Å²) in [5.41, 5.74) is 0.600. The van der Waals surface area contributed by atoms with Gasteiger partial charge in [0.25, 0.3) is 11.8 Å². The van der Waals surface area contributed by atoms with Crippen molar-refractivity contribution in [2.75, 3.05) is 24.6 Å². The van der Waals surface area contributed by atoms with E-state index in [4.69, 9.17) is 5.10 Å². The minimum Gasteiger partial charge on any atom is -0.396 e. The van der Waals surface area contributed by atoms with Crippen molar-refractivity contribution < 1.29 is 32.3 Å². The zero-order valence-electron chi connectivity index (χ0n) is 24.7. The van der Waals surface area contributed by atoms with Crippen molar-refractivity contribution in [2.24, 2.45) is 0 Å². The van der Waals surface area contributed by atoms with Gasteiger partial charge in [-0.25, -0.2) is 9.07 Å². The molecule has 4 aromatic rings. The molecule has 1 aliphatic heterocycles. The number of aliphatic hydroxyl groups excluding tert-OH is 1. The monoisotopic (exact) mass is 634 g/mol. The number of nitrogens with zero attached hydrogens (tertiary/aromatic N) is 5. The Kier molecular flexibility index (Phi) is 9.39. The molecule has 0 spiro atoms. The molecule has 238 valence electrons. The normalized spacial score (nSPS) is 16.1. The van der Waals surface area contributed by atoms with E-state index in [0.717, 1.165) is 12.1 Å². The number of hydrogen-bond acceptors (Lipinski definition) is 6. The summed E-state index contributed by atoms with van der Waals surface area (Å²) in [7, 11) is 0. The lowest BCUT2D eigenvalue weighted by atomic mass is 9.80. The molecular weight excluding hydrogens is 604 g/mol.